The van der Waals surface area contributed by atoms with Crippen LogP contribution in [-0.2, 0) is 4.79 Å². The SMILES string of the molecule is Cc1cc2c3c(ccc2c2ccccc12)C(c1ccc(F)cc1)C(=O)CC3c1ccc(C#N)cc1. The Kier molecular flexibility index (Phi) is 4.97. The number of nitrogens with zero attached hydrogens (tertiary/aromatic N) is 1. The van der Waals surface area contributed by atoms with Crippen LogP contribution >= 0.6 is 0 Å². The number of halogens is 1. The fraction of sp³-hybridized carbons (Fsp3) is 0.125. The third-order valence-corrected chi connectivity index (χ3v) is 7.36. The van der Waals surface area contributed by atoms with Crippen molar-refractivity contribution in [3.05, 3.63) is 130 Å². The van der Waals surface area contributed by atoms with E-state index in [2.05, 4.69) is 55.5 Å². The van der Waals surface area contributed by atoms with Crippen molar-refractivity contribution in [1.29, 1.82) is 5.26 Å². The number of carbonyl (C=O) groups excluding carboxylic acids is 1. The van der Waals surface area contributed by atoms with Crippen LogP contribution in [0.15, 0.2) is 91.0 Å². The highest BCUT2D eigenvalue weighted by Gasteiger charge is 2.36. The Labute approximate surface area is 203 Å². The molecule has 0 bridgehead atoms. The van der Waals surface area contributed by atoms with E-state index in [1.165, 1.54) is 28.5 Å². The topological polar surface area (TPSA) is 40.9 Å². The molecular weight excluding hydrogens is 433 g/mol. The Morgan fingerprint density at radius 1 is 0.800 bits per heavy atom. The van der Waals surface area contributed by atoms with Crippen molar-refractivity contribution in [2.24, 2.45) is 0 Å². The lowest BCUT2D eigenvalue weighted by Crippen LogP contribution is -2.25. The quantitative estimate of drug-likeness (QED) is 0.258. The van der Waals surface area contributed by atoms with Crippen LogP contribution < -0.4 is 0 Å². The summed E-state index contributed by atoms with van der Waals surface area (Å²) < 4.78 is 13.7. The van der Waals surface area contributed by atoms with Crippen molar-refractivity contribution in [1.82, 2.24) is 0 Å². The monoisotopic (exact) mass is 455 g/mol. The summed E-state index contributed by atoms with van der Waals surface area (Å²) in [5, 5.41) is 14.0. The highest BCUT2D eigenvalue weighted by molar-refractivity contribution is 6.11. The van der Waals surface area contributed by atoms with Crippen molar-refractivity contribution in [2.45, 2.75) is 25.2 Å². The molecule has 2 unspecified atom stereocenters. The molecule has 168 valence electrons. The van der Waals surface area contributed by atoms with Gasteiger partial charge in [-0.25, -0.2) is 4.39 Å². The molecule has 0 spiro atoms. The van der Waals surface area contributed by atoms with Crippen LogP contribution in [0.1, 0.15) is 51.6 Å². The zero-order valence-electron chi connectivity index (χ0n) is 19.3. The van der Waals surface area contributed by atoms with Crippen LogP contribution in [-0.4, -0.2) is 5.78 Å². The maximum absolute atomic E-state index is 13.7. The average molecular weight is 456 g/mol. The normalized spacial score (nSPS) is 17.3. The van der Waals surface area contributed by atoms with Gasteiger partial charge in [0, 0.05) is 12.3 Å². The summed E-state index contributed by atoms with van der Waals surface area (Å²) in [7, 11) is 0. The molecule has 5 aromatic rings. The van der Waals surface area contributed by atoms with E-state index in [-0.39, 0.29) is 17.5 Å². The second-order valence-corrected chi connectivity index (χ2v) is 9.34. The van der Waals surface area contributed by atoms with E-state index in [1.807, 2.05) is 24.3 Å². The van der Waals surface area contributed by atoms with Gasteiger partial charge >= 0.3 is 0 Å². The van der Waals surface area contributed by atoms with Gasteiger partial charge in [-0.15, -0.1) is 0 Å². The number of ketones is 1. The minimum atomic E-state index is -0.434. The number of benzene rings is 5. The van der Waals surface area contributed by atoms with Crippen LogP contribution in [0.3, 0.4) is 0 Å². The predicted octanol–water partition coefficient (Wildman–Crippen LogP) is 7.55. The van der Waals surface area contributed by atoms with Gasteiger partial charge in [-0.2, -0.15) is 5.26 Å². The zero-order chi connectivity index (χ0) is 24.1. The number of aryl methyl sites for hydroxylation is 1. The standard InChI is InChI=1S/C32H22FNO/c1-19-16-29-26(25-5-3-2-4-24(19)25)14-15-27-31(22-10-12-23(33)13-11-22)30(35)17-28(32(27)29)21-8-6-20(18-34)7-9-21/h2-16,28,31H,17H2,1H3. The smallest absolute Gasteiger partial charge is 0.145 e. The molecule has 0 aliphatic heterocycles. The minimum Gasteiger partial charge on any atom is -0.299 e. The van der Waals surface area contributed by atoms with Crippen molar-refractivity contribution in [3.63, 3.8) is 0 Å². The van der Waals surface area contributed by atoms with Gasteiger partial charge in [-0.1, -0.05) is 66.7 Å². The van der Waals surface area contributed by atoms with E-state index in [9.17, 15) is 14.4 Å². The highest BCUT2D eigenvalue weighted by Crippen LogP contribution is 2.47. The van der Waals surface area contributed by atoms with Gasteiger partial charge in [0.1, 0.15) is 11.6 Å². The lowest BCUT2D eigenvalue weighted by molar-refractivity contribution is -0.120. The summed E-state index contributed by atoms with van der Waals surface area (Å²) in [6, 6.07) is 30.9. The lowest BCUT2D eigenvalue weighted by atomic mass is 9.69. The molecule has 2 nitrogen and oxygen atoms in total. The van der Waals surface area contributed by atoms with Gasteiger partial charge in [0.2, 0.25) is 0 Å². The van der Waals surface area contributed by atoms with Gasteiger partial charge in [0.15, 0.2) is 0 Å². The first-order valence-electron chi connectivity index (χ1n) is 11.8. The third-order valence-electron chi connectivity index (χ3n) is 7.36. The van der Waals surface area contributed by atoms with Crippen LogP contribution in [0.4, 0.5) is 4.39 Å². The van der Waals surface area contributed by atoms with Crippen LogP contribution in [0.5, 0.6) is 0 Å². The summed E-state index contributed by atoms with van der Waals surface area (Å²) in [5.74, 6) is -0.744. The van der Waals surface area contributed by atoms with E-state index in [1.54, 1.807) is 12.1 Å². The van der Waals surface area contributed by atoms with E-state index in [0.29, 0.717) is 12.0 Å². The molecular formula is C32H22FNO. The number of fused-ring (bicyclic) bond motifs is 5. The Morgan fingerprint density at radius 2 is 1.46 bits per heavy atom. The van der Waals surface area contributed by atoms with E-state index in [0.717, 1.165) is 33.0 Å². The van der Waals surface area contributed by atoms with E-state index in [4.69, 9.17) is 0 Å². The Bertz CT molecular complexity index is 1660. The number of hydrogen-bond donors (Lipinski definition) is 0. The van der Waals surface area contributed by atoms with E-state index >= 15 is 0 Å². The number of nitriles is 1. The largest absolute Gasteiger partial charge is 0.299 e. The second-order valence-electron chi connectivity index (χ2n) is 9.34. The molecule has 2 atom stereocenters. The number of hydrogen-bond acceptors (Lipinski definition) is 2. The average Bonchev–Trinajstić information content (AvgIpc) is 2.89. The highest BCUT2D eigenvalue weighted by atomic mass is 19.1. The van der Waals surface area contributed by atoms with Gasteiger partial charge < -0.3 is 0 Å². The molecule has 0 N–H and O–H groups in total. The van der Waals surface area contributed by atoms with Crippen molar-refractivity contribution >= 4 is 27.3 Å². The number of carbonyl (C=O) groups is 1. The summed E-state index contributed by atoms with van der Waals surface area (Å²) in [5.41, 5.74) is 5.75. The molecule has 1 aliphatic rings. The van der Waals surface area contributed by atoms with Crippen LogP contribution in [0, 0.1) is 24.1 Å². The van der Waals surface area contributed by atoms with Crippen molar-refractivity contribution in [2.75, 3.05) is 0 Å². The van der Waals surface area contributed by atoms with Gasteiger partial charge in [0.25, 0.3) is 0 Å². The fourth-order valence-electron chi connectivity index (χ4n) is 5.73. The lowest BCUT2D eigenvalue weighted by Gasteiger charge is -2.33. The maximum Gasteiger partial charge on any atom is 0.145 e. The first-order valence-corrected chi connectivity index (χ1v) is 11.8. The molecule has 3 heteroatoms. The molecule has 0 radical (unpaired) electrons. The third kappa shape index (κ3) is 3.42. The van der Waals surface area contributed by atoms with Crippen molar-refractivity contribution < 1.29 is 9.18 Å². The Morgan fingerprint density at radius 3 is 2.17 bits per heavy atom. The van der Waals surface area contributed by atoms with Gasteiger partial charge in [-0.05, 0) is 80.6 Å². The van der Waals surface area contributed by atoms with Crippen LogP contribution in [0.2, 0.25) is 0 Å². The van der Waals surface area contributed by atoms with Crippen molar-refractivity contribution in [3.8, 4) is 6.07 Å². The summed E-state index contributed by atoms with van der Waals surface area (Å²) in [4.78, 5) is 13.6. The minimum absolute atomic E-state index is 0.119. The zero-order valence-corrected chi connectivity index (χ0v) is 19.3. The first kappa shape index (κ1) is 21.3. The second kappa shape index (κ2) is 8.18. The fourth-order valence-corrected chi connectivity index (χ4v) is 5.73. The molecule has 6 rings (SSSR count). The van der Waals surface area contributed by atoms with E-state index < -0.39 is 5.92 Å². The Hall–Kier alpha value is -4.29. The molecule has 0 fully saturated rings. The van der Waals surface area contributed by atoms with Crippen LogP contribution in [0.25, 0.3) is 21.5 Å². The summed E-state index contributed by atoms with van der Waals surface area (Å²) in [6.45, 7) is 2.13. The summed E-state index contributed by atoms with van der Waals surface area (Å²) >= 11 is 0. The molecule has 35 heavy (non-hydrogen) atoms. The summed E-state index contributed by atoms with van der Waals surface area (Å²) in [6.07, 6.45) is 0.353. The number of rotatable bonds is 2. The molecule has 0 saturated heterocycles. The van der Waals surface area contributed by atoms with Gasteiger partial charge in [0.05, 0.1) is 17.6 Å². The molecule has 0 saturated carbocycles. The molecule has 5 aromatic carbocycles. The molecule has 0 heterocycles. The molecule has 0 aromatic heterocycles. The Balaban J connectivity index is 1.67. The molecule has 1 aliphatic carbocycles. The molecule has 0 amide bonds. The maximum atomic E-state index is 13.7. The first-order chi connectivity index (χ1) is 17.0. The van der Waals surface area contributed by atoms with Gasteiger partial charge in [-0.3, -0.25) is 4.79 Å². The predicted molar refractivity (Wildman–Crippen MR) is 137 cm³/mol. The number of Topliss-reactive ketones (excluding diaryl/α,β-unsaturated/α-hetero) is 1.